The third-order valence-corrected chi connectivity index (χ3v) is 5.52. The predicted molar refractivity (Wildman–Crippen MR) is 76.3 cm³/mol. The summed E-state index contributed by atoms with van der Waals surface area (Å²) in [5.41, 5.74) is 1.03. The fraction of sp³-hybridized carbons (Fsp3) is 0.615. The molecule has 0 aromatic carbocycles. The minimum absolute atomic E-state index is 0.150. The van der Waals surface area contributed by atoms with Crippen LogP contribution in [0.2, 0.25) is 0 Å². The Kier molecular flexibility index (Phi) is 4.99. The van der Waals surface area contributed by atoms with Gasteiger partial charge in [-0.1, -0.05) is 0 Å². The van der Waals surface area contributed by atoms with Crippen LogP contribution in [0.25, 0.3) is 0 Å². The fourth-order valence-electron chi connectivity index (χ4n) is 1.95. The van der Waals surface area contributed by atoms with Crippen LogP contribution in [-0.4, -0.2) is 43.4 Å². The minimum Gasteiger partial charge on any atom is -0.461 e. The number of ether oxygens (including phenoxy) is 1. The van der Waals surface area contributed by atoms with Gasteiger partial charge in [0, 0.05) is 24.3 Å². The van der Waals surface area contributed by atoms with Crippen LogP contribution in [0.4, 0.5) is 0 Å². The van der Waals surface area contributed by atoms with E-state index in [1.54, 1.807) is 34.6 Å². The lowest BCUT2D eigenvalue weighted by Crippen LogP contribution is -2.33. The van der Waals surface area contributed by atoms with E-state index in [1.807, 2.05) is 0 Å². The molecule has 0 aliphatic carbocycles. The second kappa shape index (κ2) is 5.97. The van der Waals surface area contributed by atoms with Crippen molar-refractivity contribution >= 4 is 16.0 Å². The van der Waals surface area contributed by atoms with E-state index >= 15 is 0 Å². The van der Waals surface area contributed by atoms with Gasteiger partial charge in [-0.2, -0.15) is 4.31 Å². The zero-order valence-corrected chi connectivity index (χ0v) is 13.6. The van der Waals surface area contributed by atoms with E-state index < -0.39 is 16.0 Å². The second-order valence-corrected chi connectivity index (χ2v) is 6.85. The first-order valence-corrected chi connectivity index (χ1v) is 7.92. The second-order valence-electron chi connectivity index (χ2n) is 4.91. The number of aryl methyl sites for hydroxylation is 1. The first kappa shape index (κ1) is 16.7. The quantitative estimate of drug-likeness (QED) is 0.842. The Morgan fingerprint density at radius 3 is 2.35 bits per heavy atom. The molecule has 0 aliphatic rings. The molecule has 6 nitrogen and oxygen atoms in total. The molecule has 0 unspecified atom stereocenters. The molecule has 20 heavy (non-hydrogen) atoms. The molecular weight excluding hydrogens is 280 g/mol. The summed E-state index contributed by atoms with van der Waals surface area (Å²) in [5, 5.41) is 0. The number of carbonyl (C=O) groups is 1. The van der Waals surface area contributed by atoms with Gasteiger partial charge in [0.05, 0.1) is 6.61 Å². The Balaban J connectivity index is 3.38. The Bertz CT molecular complexity index is 602. The molecule has 1 N–H and O–H groups in total. The smallest absolute Gasteiger partial charge is 0.355 e. The number of carbonyl (C=O) groups excluding carboxylic acids is 1. The molecule has 0 bridgehead atoms. The largest absolute Gasteiger partial charge is 0.461 e. The summed E-state index contributed by atoms with van der Waals surface area (Å²) in [4.78, 5) is 14.8. The molecule has 1 aromatic heterocycles. The molecule has 0 fully saturated rings. The van der Waals surface area contributed by atoms with Crippen LogP contribution in [-0.2, 0) is 14.8 Å². The molecule has 1 aromatic rings. The van der Waals surface area contributed by atoms with Crippen LogP contribution in [0.15, 0.2) is 4.90 Å². The highest BCUT2D eigenvalue weighted by Gasteiger charge is 2.31. The number of rotatable bonds is 5. The van der Waals surface area contributed by atoms with E-state index in [1.165, 1.54) is 11.4 Å². The predicted octanol–water partition coefficient (Wildman–Crippen LogP) is 1.84. The number of nitrogens with zero attached hydrogens (tertiary/aromatic N) is 1. The summed E-state index contributed by atoms with van der Waals surface area (Å²) in [6.07, 6.45) is 0. The summed E-state index contributed by atoms with van der Waals surface area (Å²) in [5.74, 6) is -0.540. The maximum Gasteiger partial charge on any atom is 0.355 e. The Morgan fingerprint density at radius 2 is 1.90 bits per heavy atom. The molecule has 0 radical (unpaired) electrons. The normalized spacial score (nSPS) is 12.2. The molecule has 114 valence electrons. The van der Waals surface area contributed by atoms with Crippen molar-refractivity contribution in [2.45, 2.75) is 45.6 Å². The molecule has 0 amide bonds. The van der Waals surface area contributed by atoms with Gasteiger partial charge in [0.2, 0.25) is 10.0 Å². The van der Waals surface area contributed by atoms with E-state index in [0.717, 1.165) is 0 Å². The zero-order valence-electron chi connectivity index (χ0n) is 12.8. The van der Waals surface area contributed by atoms with Crippen LogP contribution < -0.4 is 0 Å². The molecule has 0 saturated heterocycles. The van der Waals surface area contributed by atoms with Crippen molar-refractivity contribution < 1.29 is 17.9 Å². The summed E-state index contributed by atoms with van der Waals surface area (Å²) in [7, 11) is -2.11. The lowest BCUT2D eigenvalue weighted by molar-refractivity contribution is 0.0519. The van der Waals surface area contributed by atoms with E-state index in [-0.39, 0.29) is 23.2 Å². The van der Waals surface area contributed by atoms with Crippen LogP contribution in [0, 0.1) is 13.8 Å². The van der Waals surface area contributed by atoms with E-state index in [4.69, 9.17) is 4.74 Å². The van der Waals surface area contributed by atoms with Crippen molar-refractivity contribution in [1.82, 2.24) is 9.29 Å². The SMILES string of the molecule is CCOC(=O)c1[nH]c(C)c(S(=O)(=O)N(C)C(C)C)c1C. The van der Waals surface area contributed by atoms with Gasteiger partial charge in [0.15, 0.2) is 0 Å². The maximum absolute atomic E-state index is 12.6. The molecule has 0 atom stereocenters. The lowest BCUT2D eigenvalue weighted by Gasteiger charge is -2.21. The van der Waals surface area contributed by atoms with Crippen molar-refractivity contribution in [3.63, 3.8) is 0 Å². The number of sulfonamides is 1. The molecule has 0 aliphatic heterocycles. The summed E-state index contributed by atoms with van der Waals surface area (Å²) in [6.45, 7) is 8.77. The van der Waals surface area contributed by atoms with Gasteiger partial charge < -0.3 is 9.72 Å². The van der Waals surface area contributed by atoms with E-state index in [0.29, 0.717) is 11.3 Å². The summed E-state index contributed by atoms with van der Waals surface area (Å²) >= 11 is 0. The first-order chi connectivity index (χ1) is 9.14. The lowest BCUT2D eigenvalue weighted by atomic mass is 10.2. The Labute approximate surface area is 120 Å². The number of aromatic amines is 1. The van der Waals surface area contributed by atoms with Gasteiger partial charge >= 0.3 is 5.97 Å². The average molecular weight is 302 g/mol. The third-order valence-electron chi connectivity index (χ3n) is 3.21. The number of hydrogen-bond acceptors (Lipinski definition) is 4. The highest BCUT2D eigenvalue weighted by atomic mass is 32.2. The highest BCUT2D eigenvalue weighted by molar-refractivity contribution is 7.89. The minimum atomic E-state index is -3.63. The van der Waals surface area contributed by atoms with Crippen molar-refractivity contribution in [2.75, 3.05) is 13.7 Å². The molecule has 0 saturated carbocycles. The topological polar surface area (TPSA) is 79.5 Å². The molecule has 0 spiro atoms. The number of H-pyrrole nitrogens is 1. The fourth-order valence-corrected chi connectivity index (χ4v) is 3.72. The Hall–Kier alpha value is -1.34. The number of hydrogen-bond donors (Lipinski definition) is 1. The van der Waals surface area contributed by atoms with Crippen LogP contribution >= 0.6 is 0 Å². The van der Waals surface area contributed by atoms with Gasteiger partial charge in [-0.15, -0.1) is 0 Å². The molecule has 1 heterocycles. The monoisotopic (exact) mass is 302 g/mol. The highest BCUT2D eigenvalue weighted by Crippen LogP contribution is 2.27. The van der Waals surface area contributed by atoms with Gasteiger partial charge in [0.25, 0.3) is 0 Å². The Morgan fingerprint density at radius 1 is 1.35 bits per heavy atom. The van der Waals surface area contributed by atoms with Gasteiger partial charge in [-0.05, 0) is 34.6 Å². The van der Waals surface area contributed by atoms with Crippen molar-refractivity contribution in [2.24, 2.45) is 0 Å². The van der Waals surface area contributed by atoms with E-state index in [9.17, 15) is 13.2 Å². The average Bonchev–Trinajstić information content (AvgIpc) is 2.64. The summed E-state index contributed by atoms with van der Waals surface area (Å²) < 4.78 is 31.3. The molecular formula is C13H22N2O4S. The van der Waals surface area contributed by atoms with Gasteiger partial charge in [0.1, 0.15) is 10.6 Å². The molecule has 7 heteroatoms. The molecule has 1 rings (SSSR count). The number of aromatic nitrogens is 1. The zero-order chi connectivity index (χ0) is 15.7. The maximum atomic E-state index is 12.6. The van der Waals surface area contributed by atoms with Gasteiger partial charge in [-0.3, -0.25) is 0 Å². The van der Waals surface area contributed by atoms with Crippen LogP contribution in [0.1, 0.15) is 42.5 Å². The van der Waals surface area contributed by atoms with E-state index in [2.05, 4.69) is 4.98 Å². The van der Waals surface area contributed by atoms with Crippen LogP contribution in [0.5, 0.6) is 0 Å². The third kappa shape index (κ3) is 2.88. The first-order valence-electron chi connectivity index (χ1n) is 6.48. The summed E-state index contributed by atoms with van der Waals surface area (Å²) in [6, 6.07) is -0.167. The van der Waals surface area contributed by atoms with Crippen molar-refractivity contribution in [3.8, 4) is 0 Å². The number of esters is 1. The van der Waals surface area contributed by atoms with Crippen LogP contribution in [0.3, 0.4) is 0 Å². The van der Waals surface area contributed by atoms with Gasteiger partial charge in [-0.25, -0.2) is 13.2 Å². The van der Waals surface area contributed by atoms with Crippen molar-refractivity contribution in [3.05, 3.63) is 17.0 Å². The standard InChI is InChI=1S/C13H22N2O4S/c1-7-19-13(16)11-9(4)12(10(5)14-11)20(17,18)15(6)8(2)3/h8,14H,7H2,1-6H3. The van der Waals surface area contributed by atoms with Crippen molar-refractivity contribution in [1.29, 1.82) is 0 Å². The number of nitrogens with one attached hydrogen (secondary N) is 1.